The van der Waals surface area contributed by atoms with E-state index >= 15 is 0 Å². The van der Waals surface area contributed by atoms with E-state index in [9.17, 15) is 4.79 Å². The van der Waals surface area contributed by atoms with Gasteiger partial charge >= 0.3 is 0 Å². The van der Waals surface area contributed by atoms with Gasteiger partial charge in [0.2, 0.25) is 5.91 Å². The smallest absolute Gasteiger partial charge is 0.234 e. The Balaban J connectivity index is 1.56. The number of nitrogens with zero attached hydrogens (tertiary/aromatic N) is 3. The Bertz CT molecular complexity index is 758. The number of hydrogen-bond donors (Lipinski definition) is 2. The number of benzene rings is 1. The molecule has 0 saturated carbocycles. The van der Waals surface area contributed by atoms with E-state index in [1.54, 1.807) is 6.20 Å². The zero-order valence-corrected chi connectivity index (χ0v) is 16.3. The SMILES string of the molecule is CC(C)Oc1cccc(CNC(=O)CN2CCNCC2c2nccn2C)c1. The third-order valence-corrected chi connectivity index (χ3v) is 4.62. The summed E-state index contributed by atoms with van der Waals surface area (Å²) in [7, 11) is 1.99. The van der Waals surface area contributed by atoms with E-state index in [4.69, 9.17) is 4.74 Å². The van der Waals surface area contributed by atoms with Crippen LogP contribution in [0.5, 0.6) is 5.75 Å². The summed E-state index contributed by atoms with van der Waals surface area (Å²) in [5.41, 5.74) is 1.03. The van der Waals surface area contributed by atoms with E-state index in [2.05, 4.69) is 20.5 Å². The molecule has 0 radical (unpaired) electrons. The predicted molar refractivity (Wildman–Crippen MR) is 104 cm³/mol. The van der Waals surface area contributed by atoms with Crippen LogP contribution in [-0.4, -0.2) is 52.6 Å². The fourth-order valence-corrected chi connectivity index (χ4v) is 3.33. The van der Waals surface area contributed by atoms with Gasteiger partial charge in [-0.05, 0) is 31.5 Å². The first-order valence-corrected chi connectivity index (χ1v) is 9.47. The zero-order chi connectivity index (χ0) is 19.2. The van der Waals surface area contributed by atoms with Crippen LogP contribution >= 0.6 is 0 Å². The van der Waals surface area contributed by atoms with Crippen LogP contribution in [0.4, 0.5) is 0 Å². The number of amides is 1. The minimum atomic E-state index is 0.0197. The van der Waals surface area contributed by atoms with Crippen LogP contribution in [0.1, 0.15) is 31.3 Å². The van der Waals surface area contributed by atoms with Crippen LogP contribution in [0.15, 0.2) is 36.7 Å². The first-order chi connectivity index (χ1) is 13.0. The average Bonchev–Trinajstić information content (AvgIpc) is 3.06. The summed E-state index contributed by atoms with van der Waals surface area (Å²) >= 11 is 0. The summed E-state index contributed by atoms with van der Waals surface area (Å²) in [6, 6.07) is 7.96. The Hall–Kier alpha value is -2.38. The van der Waals surface area contributed by atoms with Gasteiger partial charge in [-0.2, -0.15) is 0 Å². The normalized spacial score (nSPS) is 17.9. The molecule has 0 bridgehead atoms. The number of hydrogen-bond acceptors (Lipinski definition) is 5. The molecule has 146 valence electrons. The van der Waals surface area contributed by atoms with E-state index in [1.165, 1.54) is 0 Å². The first-order valence-electron chi connectivity index (χ1n) is 9.47. The van der Waals surface area contributed by atoms with Crippen LogP contribution in [0.25, 0.3) is 0 Å². The quantitative estimate of drug-likeness (QED) is 0.771. The fourth-order valence-electron chi connectivity index (χ4n) is 3.33. The summed E-state index contributed by atoms with van der Waals surface area (Å²) in [6.45, 7) is 7.35. The summed E-state index contributed by atoms with van der Waals surface area (Å²) in [4.78, 5) is 19.2. The lowest BCUT2D eigenvalue weighted by Crippen LogP contribution is -2.50. The van der Waals surface area contributed by atoms with Gasteiger partial charge in [0.25, 0.3) is 0 Å². The van der Waals surface area contributed by atoms with Crippen molar-refractivity contribution in [1.29, 1.82) is 0 Å². The second-order valence-corrected chi connectivity index (χ2v) is 7.18. The Morgan fingerprint density at radius 1 is 1.44 bits per heavy atom. The zero-order valence-electron chi connectivity index (χ0n) is 16.3. The minimum Gasteiger partial charge on any atom is -0.491 e. The van der Waals surface area contributed by atoms with Crippen LogP contribution < -0.4 is 15.4 Å². The number of piperazine rings is 1. The van der Waals surface area contributed by atoms with Gasteiger partial charge in [0.1, 0.15) is 11.6 Å². The predicted octanol–water partition coefficient (Wildman–Crippen LogP) is 1.47. The van der Waals surface area contributed by atoms with Gasteiger partial charge in [-0.25, -0.2) is 4.98 Å². The van der Waals surface area contributed by atoms with Gasteiger partial charge in [-0.15, -0.1) is 0 Å². The lowest BCUT2D eigenvalue weighted by atomic mass is 10.1. The van der Waals surface area contributed by atoms with Crippen molar-refractivity contribution >= 4 is 5.91 Å². The molecule has 3 rings (SSSR count). The van der Waals surface area contributed by atoms with Crippen molar-refractivity contribution in [2.45, 2.75) is 32.5 Å². The molecule has 1 fully saturated rings. The molecule has 1 saturated heterocycles. The molecular weight excluding hydrogens is 342 g/mol. The fraction of sp³-hybridized carbons (Fsp3) is 0.500. The molecule has 1 unspecified atom stereocenters. The molecule has 27 heavy (non-hydrogen) atoms. The van der Waals surface area contributed by atoms with E-state index < -0.39 is 0 Å². The average molecular weight is 371 g/mol. The van der Waals surface area contributed by atoms with Gasteiger partial charge in [-0.1, -0.05) is 12.1 Å². The van der Waals surface area contributed by atoms with Crippen molar-refractivity contribution in [3.8, 4) is 5.75 Å². The largest absolute Gasteiger partial charge is 0.491 e. The number of rotatable bonds is 7. The first kappa shape index (κ1) is 19.4. The number of imidazole rings is 1. The van der Waals surface area contributed by atoms with E-state index in [0.717, 1.165) is 36.8 Å². The third kappa shape index (κ3) is 5.30. The molecule has 1 aliphatic heterocycles. The monoisotopic (exact) mass is 371 g/mol. The standard InChI is InChI=1S/C20H29N5O2/c1-15(2)27-17-6-4-5-16(11-17)12-23-19(26)14-25-10-7-21-13-18(25)20-22-8-9-24(20)3/h4-6,8-9,11,15,18,21H,7,10,12-14H2,1-3H3,(H,23,26). The maximum atomic E-state index is 12.5. The van der Waals surface area contributed by atoms with E-state index in [-0.39, 0.29) is 18.1 Å². The van der Waals surface area contributed by atoms with Gasteiger partial charge in [0.05, 0.1) is 18.7 Å². The maximum absolute atomic E-state index is 12.5. The van der Waals surface area contributed by atoms with Crippen LogP contribution in [0, 0.1) is 0 Å². The molecule has 7 nitrogen and oxygen atoms in total. The summed E-state index contributed by atoms with van der Waals surface area (Å²) in [6.07, 6.45) is 3.87. The number of carbonyl (C=O) groups is 1. The highest BCUT2D eigenvalue weighted by Crippen LogP contribution is 2.20. The highest BCUT2D eigenvalue weighted by molar-refractivity contribution is 5.78. The van der Waals surface area contributed by atoms with E-state index in [0.29, 0.717) is 13.1 Å². The van der Waals surface area contributed by atoms with Crippen molar-refractivity contribution < 1.29 is 9.53 Å². The molecule has 2 N–H and O–H groups in total. The number of carbonyl (C=O) groups excluding carboxylic acids is 1. The van der Waals surface area contributed by atoms with Gasteiger partial charge in [0.15, 0.2) is 0 Å². The van der Waals surface area contributed by atoms with Crippen LogP contribution in [0.2, 0.25) is 0 Å². The molecule has 1 aromatic heterocycles. The highest BCUT2D eigenvalue weighted by atomic mass is 16.5. The maximum Gasteiger partial charge on any atom is 0.234 e. The Labute approximate surface area is 160 Å². The molecule has 0 aliphatic carbocycles. The minimum absolute atomic E-state index is 0.0197. The Morgan fingerprint density at radius 2 is 2.30 bits per heavy atom. The molecule has 2 aromatic rings. The molecular formula is C20H29N5O2. The van der Waals surface area contributed by atoms with Gasteiger partial charge in [0, 0.05) is 45.6 Å². The Kier molecular flexibility index (Phi) is 6.47. The Morgan fingerprint density at radius 3 is 3.04 bits per heavy atom. The molecule has 7 heteroatoms. The van der Waals surface area contributed by atoms with Gasteiger partial charge in [-0.3, -0.25) is 9.69 Å². The second kappa shape index (κ2) is 9.01. The lowest BCUT2D eigenvalue weighted by molar-refractivity contribution is -0.123. The lowest BCUT2D eigenvalue weighted by Gasteiger charge is -2.35. The van der Waals surface area contributed by atoms with Crippen molar-refractivity contribution in [1.82, 2.24) is 25.1 Å². The molecule has 1 amide bonds. The molecule has 0 spiro atoms. The van der Waals surface area contributed by atoms with Crippen molar-refractivity contribution in [3.63, 3.8) is 0 Å². The van der Waals surface area contributed by atoms with Crippen LogP contribution in [-0.2, 0) is 18.4 Å². The topological polar surface area (TPSA) is 71.4 Å². The summed E-state index contributed by atoms with van der Waals surface area (Å²) in [5, 5.41) is 6.42. The molecule has 2 heterocycles. The molecule has 1 atom stereocenters. The highest BCUT2D eigenvalue weighted by Gasteiger charge is 2.28. The van der Waals surface area contributed by atoms with E-state index in [1.807, 2.05) is 55.9 Å². The second-order valence-electron chi connectivity index (χ2n) is 7.18. The molecule has 1 aromatic carbocycles. The van der Waals surface area contributed by atoms with Crippen molar-refractivity contribution in [2.75, 3.05) is 26.2 Å². The van der Waals surface area contributed by atoms with Crippen molar-refractivity contribution in [2.24, 2.45) is 7.05 Å². The third-order valence-electron chi connectivity index (χ3n) is 4.62. The summed E-state index contributed by atoms with van der Waals surface area (Å²) in [5.74, 6) is 1.83. The number of aryl methyl sites for hydroxylation is 1. The summed E-state index contributed by atoms with van der Waals surface area (Å²) < 4.78 is 7.73. The number of ether oxygens (including phenoxy) is 1. The molecule has 1 aliphatic rings. The van der Waals surface area contributed by atoms with Crippen molar-refractivity contribution in [3.05, 3.63) is 48.0 Å². The van der Waals surface area contributed by atoms with Gasteiger partial charge < -0.3 is 19.9 Å². The number of nitrogens with one attached hydrogen (secondary N) is 2. The number of aromatic nitrogens is 2. The van der Waals surface area contributed by atoms with Crippen LogP contribution in [0.3, 0.4) is 0 Å².